The van der Waals surface area contributed by atoms with Gasteiger partial charge in [-0.3, -0.25) is 9.52 Å². The normalized spacial score (nSPS) is 11.1. The van der Waals surface area contributed by atoms with Crippen molar-refractivity contribution in [2.24, 2.45) is 0 Å². The Morgan fingerprint density at radius 1 is 0.875 bits per heavy atom. The second-order valence-corrected chi connectivity index (χ2v) is 8.95. The predicted molar refractivity (Wildman–Crippen MR) is 123 cm³/mol. The summed E-state index contributed by atoms with van der Waals surface area (Å²) in [7, 11) is -3.80. The van der Waals surface area contributed by atoms with Crippen molar-refractivity contribution in [3.05, 3.63) is 90.5 Å². The number of para-hydroxylation sites is 2. The second-order valence-electron chi connectivity index (χ2n) is 7.27. The Balaban J connectivity index is 1.64. The van der Waals surface area contributed by atoms with Crippen LogP contribution in [0, 0.1) is 0 Å². The first-order valence-electron chi connectivity index (χ1n) is 10.00. The van der Waals surface area contributed by atoms with Crippen LogP contribution in [0.4, 0.5) is 11.4 Å². The van der Waals surface area contributed by atoms with E-state index in [-0.39, 0.29) is 22.4 Å². The molecule has 32 heavy (non-hydrogen) atoms. The molecular weight excluding hydrogens is 428 g/mol. The lowest BCUT2D eigenvalue weighted by atomic mass is 10.2. The molecule has 0 aromatic heterocycles. The molecule has 166 valence electrons. The van der Waals surface area contributed by atoms with Crippen molar-refractivity contribution in [3.8, 4) is 0 Å². The molecule has 0 unspecified atom stereocenters. The third-order valence-electron chi connectivity index (χ3n) is 4.57. The van der Waals surface area contributed by atoms with E-state index in [0.29, 0.717) is 11.4 Å². The topological polar surface area (TPSA) is 92.8 Å². The van der Waals surface area contributed by atoms with Crippen molar-refractivity contribution >= 4 is 33.3 Å². The zero-order valence-corrected chi connectivity index (χ0v) is 18.6. The maximum absolute atomic E-state index is 12.6. The van der Waals surface area contributed by atoms with Gasteiger partial charge in [-0.2, -0.15) is 0 Å². The smallest absolute Gasteiger partial charge is 0.338 e. The van der Waals surface area contributed by atoms with Gasteiger partial charge in [-0.05, 0) is 62.4 Å². The minimum Gasteiger partial charge on any atom is -0.452 e. The van der Waals surface area contributed by atoms with Gasteiger partial charge < -0.3 is 9.64 Å². The van der Waals surface area contributed by atoms with Gasteiger partial charge in [-0.25, -0.2) is 13.2 Å². The number of ether oxygens (including phenoxy) is 1. The summed E-state index contributed by atoms with van der Waals surface area (Å²) < 4.78 is 32.6. The summed E-state index contributed by atoms with van der Waals surface area (Å²) >= 11 is 0. The summed E-state index contributed by atoms with van der Waals surface area (Å²) in [5.74, 6) is -1.07. The Bertz CT molecular complexity index is 1160. The third-order valence-corrected chi connectivity index (χ3v) is 5.97. The molecule has 8 heteroatoms. The summed E-state index contributed by atoms with van der Waals surface area (Å²) in [5, 5.41) is 0. The maximum Gasteiger partial charge on any atom is 0.338 e. The lowest BCUT2D eigenvalue weighted by Crippen LogP contribution is -2.39. The van der Waals surface area contributed by atoms with Crippen LogP contribution in [-0.2, 0) is 19.6 Å². The Labute approximate surface area is 187 Å². The number of hydrogen-bond donors (Lipinski definition) is 1. The molecule has 1 amide bonds. The highest BCUT2D eigenvalue weighted by Crippen LogP contribution is 2.18. The van der Waals surface area contributed by atoms with E-state index in [0.717, 1.165) is 0 Å². The maximum atomic E-state index is 12.6. The first-order valence-corrected chi connectivity index (χ1v) is 11.5. The monoisotopic (exact) mass is 452 g/mol. The van der Waals surface area contributed by atoms with Gasteiger partial charge in [0.05, 0.1) is 10.5 Å². The lowest BCUT2D eigenvalue weighted by molar-refractivity contribution is -0.122. The van der Waals surface area contributed by atoms with E-state index in [1.807, 2.05) is 44.2 Å². The van der Waals surface area contributed by atoms with Gasteiger partial charge in [0.1, 0.15) is 0 Å². The van der Waals surface area contributed by atoms with Crippen molar-refractivity contribution in [2.45, 2.75) is 24.8 Å². The fraction of sp³-hybridized carbons (Fsp3) is 0.167. The molecule has 0 spiro atoms. The number of esters is 1. The molecule has 0 atom stereocenters. The molecule has 0 saturated heterocycles. The van der Waals surface area contributed by atoms with E-state index in [4.69, 9.17) is 4.74 Å². The van der Waals surface area contributed by atoms with Crippen LogP contribution in [0.3, 0.4) is 0 Å². The highest BCUT2D eigenvalue weighted by molar-refractivity contribution is 7.92. The summed E-state index contributed by atoms with van der Waals surface area (Å²) in [6.07, 6.45) is 0. The van der Waals surface area contributed by atoms with Gasteiger partial charge in [-0.1, -0.05) is 36.4 Å². The van der Waals surface area contributed by atoms with Gasteiger partial charge in [0, 0.05) is 17.4 Å². The van der Waals surface area contributed by atoms with E-state index in [2.05, 4.69) is 4.72 Å². The van der Waals surface area contributed by atoms with Crippen LogP contribution in [0.1, 0.15) is 24.2 Å². The van der Waals surface area contributed by atoms with Crippen LogP contribution in [0.15, 0.2) is 89.8 Å². The fourth-order valence-corrected chi connectivity index (χ4v) is 4.15. The van der Waals surface area contributed by atoms with Crippen LogP contribution in [0.5, 0.6) is 0 Å². The molecular formula is C24H24N2O5S. The second kappa shape index (κ2) is 10.1. The Morgan fingerprint density at radius 2 is 1.44 bits per heavy atom. The molecule has 0 fully saturated rings. The molecule has 0 aliphatic rings. The third kappa shape index (κ3) is 5.73. The molecule has 3 rings (SSSR count). The predicted octanol–water partition coefficient (Wildman–Crippen LogP) is 4.09. The number of nitrogens with zero attached hydrogens (tertiary/aromatic N) is 1. The summed E-state index contributed by atoms with van der Waals surface area (Å²) in [4.78, 5) is 26.6. The van der Waals surface area contributed by atoms with E-state index in [1.165, 1.54) is 24.3 Å². The molecule has 0 heterocycles. The van der Waals surface area contributed by atoms with Crippen LogP contribution in [-0.4, -0.2) is 32.9 Å². The van der Waals surface area contributed by atoms with Crippen molar-refractivity contribution in [1.82, 2.24) is 0 Å². The Kier molecular flexibility index (Phi) is 7.27. The van der Waals surface area contributed by atoms with Gasteiger partial charge >= 0.3 is 5.97 Å². The van der Waals surface area contributed by atoms with Gasteiger partial charge in [0.25, 0.3) is 15.9 Å². The van der Waals surface area contributed by atoms with Gasteiger partial charge in [0.2, 0.25) is 0 Å². The number of amides is 1. The van der Waals surface area contributed by atoms with Crippen molar-refractivity contribution in [3.63, 3.8) is 0 Å². The highest BCUT2D eigenvalue weighted by atomic mass is 32.2. The molecule has 3 aromatic carbocycles. The molecule has 3 aromatic rings. The SMILES string of the molecule is CC(C)N(C(=O)COC(=O)c1ccc(S(=O)(=O)Nc2ccccc2)cc1)c1ccccc1. The number of anilines is 2. The number of carbonyl (C=O) groups is 2. The number of carbonyl (C=O) groups excluding carboxylic acids is 2. The van der Waals surface area contributed by atoms with Crippen molar-refractivity contribution < 1.29 is 22.7 Å². The zero-order chi connectivity index (χ0) is 23.1. The lowest BCUT2D eigenvalue weighted by Gasteiger charge is -2.26. The number of nitrogens with one attached hydrogen (secondary N) is 1. The molecule has 0 saturated carbocycles. The van der Waals surface area contributed by atoms with Gasteiger partial charge in [-0.15, -0.1) is 0 Å². The number of hydrogen-bond acceptors (Lipinski definition) is 5. The molecule has 0 bridgehead atoms. The van der Waals surface area contributed by atoms with Gasteiger partial charge in [0.15, 0.2) is 6.61 Å². The minimum absolute atomic E-state index is 0.00374. The van der Waals surface area contributed by atoms with Crippen LogP contribution in [0.25, 0.3) is 0 Å². The van der Waals surface area contributed by atoms with E-state index in [9.17, 15) is 18.0 Å². The summed E-state index contributed by atoms with van der Waals surface area (Å²) in [6, 6.07) is 22.8. The van der Waals surface area contributed by atoms with Crippen LogP contribution >= 0.6 is 0 Å². The standard InChI is InChI=1S/C24H24N2O5S/c1-18(2)26(21-11-7-4-8-12-21)23(27)17-31-24(28)19-13-15-22(16-14-19)32(29,30)25-20-9-5-3-6-10-20/h3-16,18,25H,17H2,1-2H3. The average molecular weight is 453 g/mol. The first-order chi connectivity index (χ1) is 15.3. The quantitative estimate of drug-likeness (QED) is 0.520. The van der Waals surface area contributed by atoms with Crippen molar-refractivity contribution in [2.75, 3.05) is 16.2 Å². The van der Waals surface area contributed by atoms with Crippen molar-refractivity contribution in [1.29, 1.82) is 0 Å². The first kappa shape index (κ1) is 23.0. The average Bonchev–Trinajstić information content (AvgIpc) is 2.78. The van der Waals surface area contributed by atoms with Crippen LogP contribution in [0.2, 0.25) is 0 Å². The fourth-order valence-electron chi connectivity index (χ4n) is 3.09. The Hall–Kier alpha value is -3.65. The largest absolute Gasteiger partial charge is 0.452 e. The summed E-state index contributed by atoms with van der Waals surface area (Å²) in [6.45, 7) is 3.31. The van der Waals surface area contributed by atoms with E-state index < -0.39 is 22.6 Å². The van der Waals surface area contributed by atoms with E-state index >= 15 is 0 Å². The zero-order valence-electron chi connectivity index (χ0n) is 17.8. The minimum atomic E-state index is -3.80. The van der Waals surface area contributed by atoms with E-state index in [1.54, 1.807) is 35.2 Å². The molecule has 0 radical (unpaired) electrons. The number of rotatable bonds is 8. The molecule has 7 nitrogen and oxygen atoms in total. The Morgan fingerprint density at radius 3 is 2.00 bits per heavy atom. The summed E-state index contributed by atoms with van der Waals surface area (Å²) in [5.41, 5.74) is 1.29. The molecule has 1 N–H and O–H groups in total. The molecule has 0 aliphatic carbocycles. The molecule has 0 aliphatic heterocycles. The number of benzene rings is 3. The number of sulfonamides is 1. The highest BCUT2D eigenvalue weighted by Gasteiger charge is 2.21. The van der Waals surface area contributed by atoms with Crippen LogP contribution < -0.4 is 9.62 Å².